The number of rotatable bonds is 2. The van der Waals surface area contributed by atoms with Gasteiger partial charge in [0.25, 0.3) is 0 Å². The second kappa shape index (κ2) is 8.53. The quantitative estimate of drug-likeness (QED) is 0.391. The van der Waals surface area contributed by atoms with Crippen LogP contribution < -0.4 is 16.4 Å². The van der Waals surface area contributed by atoms with Crippen LogP contribution in [0.25, 0.3) is 10.9 Å². The monoisotopic (exact) mass is 402 g/mol. The SMILES string of the molecule is Cc1c[nH]c2cc(N)ccc12.Nc1ccc2c(c1)N(Cc1ccccc1)CCS2. The third-order valence-corrected chi connectivity index (χ3v) is 6.11. The van der Waals surface area contributed by atoms with Crippen molar-refractivity contribution in [2.75, 3.05) is 28.7 Å². The highest BCUT2D eigenvalue weighted by atomic mass is 32.2. The molecule has 0 saturated heterocycles. The molecule has 5 N–H and O–H groups in total. The molecule has 4 nitrogen and oxygen atoms in total. The number of fused-ring (bicyclic) bond motifs is 2. The van der Waals surface area contributed by atoms with Crippen molar-refractivity contribution < 1.29 is 0 Å². The van der Waals surface area contributed by atoms with Crippen LogP contribution in [0.1, 0.15) is 11.1 Å². The molecule has 0 atom stereocenters. The molecule has 0 spiro atoms. The van der Waals surface area contributed by atoms with E-state index in [4.69, 9.17) is 11.5 Å². The molecule has 0 fully saturated rings. The summed E-state index contributed by atoms with van der Waals surface area (Å²) in [6.07, 6.45) is 1.99. The summed E-state index contributed by atoms with van der Waals surface area (Å²) in [6.45, 7) is 4.11. The van der Waals surface area contributed by atoms with Gasteiger partial charge in [-0.1, -0.05) is 36.4 Å². The summed E-state index contributed by atoms with van der Waals surface area (Å²) < 4.78 is 0. The average Bonchev–Trinajstić information content (AvgIpc) is 3.10. The molecule has 4 aromatic rings. The van der Waals surface area contributed by atoms with Gasteiger partial charge >= 0.3 is 0 Å². The number of aryl methyl sites for hydroxylation is 1. The summed E-state index contributed by atoms with van der Waals surface area (Å²) in [4.78, 5) is 6.90. The Balaban J connectivity index is 0.000000159. The molecule has 1 aliphatic heterocycles. The van der Waals surface area contributed by atoms with E-state index in [-0.39, 0.29) is 0 Å². The fourth-order valence-corrected chi connectivity index (χ4v) is 4.58. The predicted octanol–water partition coefficient (Wildman–Crippen LogP) is 5.44. The molecule has 5 rings (SSSR count). The Bertz CT molecular complexity index is 1100. The Morgan fingerprint density at radius 3 is 2.55 bits per heavy atom. The van der Waals surface area contributed by atoms with E-state index < -0.39 is 0 Å². The lowest BCUT2D eigenvalue weighted by atomic mass is 10.2. The molecule has 148 valence electrons. The van der Waals surface area contributed by atoms with Gasteiger partial charge in [-0.3, -0.25) is 0 Å². The Hall–Kier alpha value is -3.05. The van der Waals surface area contributed by atoms with Crippen LogP contribution in [-0.2, 0) is 6.54 Å². The molecular weight excluding hydrogens is 376 g/mol. The first-order valence-corrected chi connectivity index (χ1v) is 10.7. The molecule has 29 heavy (non-hydrogen) atoms. The Labute approximate surface area is 175 Å². The number of nitrogens with zero attached hydrogens (tertiary/aromatic N) is 1. The maximum atomic E-state index is 5.90. The van der Waals surface area contributed by atoms with Gasteiger partial charge in [0.1, 0.15) is 0 Å². The molecule has 1 aliphatic rings. The summed E-state index contributed by atoms with van der Waals surface area (Å²) in [7, 11) is 0. The molecule has 2 heterocycles. The van der Waals surface area contributed by atoms with Gasteiger partial charge in [-0.15, -0.1) is 11.8 Å². The van der Waals surface area contributed by atoms with Gasteiger partial charge in [-0.05, 0) is 48.4 Å². The summed E-state index contributed by atoms with van der Waals surface area (Å²) >= 11 is 1.91. The molecule has 5 heteroatoms. The van der Waals surface area contributed by atoms with Gasteiger partial charge in [0.05, 0.1) is 5.69 Å². The van der Waals surface area contributed by atoms with Gasteiger partial charge in [0, 0.05) is 52.2 Å². The van der Waals surface area contributed by atoms with Gasteiger partial charge < -0.3 is 21.4 Å². The van der Waals surface area contributed by atoms with Gasteiger partial charge in [0.2, 0.25) is 0 Å². The number of nitrogens with one attached hydrogen (secondary N) is 1. The van der Waals surface area contributed by atoms with Crippen molar-refractivity contribution in [2.45, 2.75) is 18.4 Å². The van der Waals surface area contributed by atoms with Crippen LogP contribution in [0.3, 0.4) is 0 Å². The predicted molar refractivity (Wildman–Crippen MR) is 127 cm³/mol. The Kier molecular flexibility index (Phi) is 5.67. The number of H-pyrrole nitrogens is 1. The summed E-state index contributed by atoms with van der Waals surface area (Å²) in [5.74, 6) is 1.14. The minimum absolute atomic E-state index is 0.805. The highest BCUT2D eigenvalue weighted by Gasteiger charge is 2.17. The first-order chi connectivity index (χ1) is 14.1. The van der Waals surface area contributed by atoms with Crippen molar-refractivity contribution in [1.29, 1.82) is 0 Å². The molecule has 0 aliphatic carbocycles. The molecule has 0 radical (unpaired) electrons. The normalized spacial score (nSPS) is 12.9. The van der Waals surface area contributed by atoms with E-state index in [9.17, 15) is 0 Å². The highest BCUT2D eigenvalue weighted by molar-refractivity contribution is 7.99. The summed E-state index contributed by atoms with van der Waals surface area (Å²) in [6, 6.07) is 22.7. The van der Waals surface area contributed by atoms with Gasteiger partial charge in [-0.2, -0.15) is 0 Å². The van der Waals surface area contributed by atoms with E-state index in [2.05, 4.69) is 59.3 Å². The molecule has 3 aromatic carbocycles. The lowest BCUT2D eigenvalue weighted by molar-refractivity contribution is 0.818. The van der Waals surface area contributed by atoms with Crippen LogP contribution in [0.2, 0.25) is 0 Å². The van der Waals surface area contributed by atoms with Crippen molar-refractivity contribution in [2.24, 2.45) is 0 Å². The molecule has 0 amide bonds. The lowest BCUT2D eigenvalue weighted by Gasteiger charge is -2.31. The number of thioether (sulfide) groups is 1. The fourth-order valence-electron chi connectivity index (χ4n) is 3.55. The number of hydrogen-bond acceptors (Lipinski definition) is 4. The third kappa shape index (κ3) is 4.51. The average molecular weight is 403 g/mol. The molecule has 1 aromatic heterocycles. The number of nitrogens with two attached hydrogens (primary N) is 2. The first-order valence-electron chi connectivity index (χ1n) is 9.74. The summed E-state index contributed by atoms with van der Waals surface area (Å²) in [5.41, 5.74) is 18.2. The molecule has 0 bridgehead atoms. The minimum atomic E-state index is 0.805. The zero-order chi connectivity index (χ0) is 20.2. The van der Waals surface area contributed by atoms with Crippen LogP contribution in [0, 0.1) is 6.92 Å². The molecule has 0 saturated carbocycles. The molecular formula is C24H26N4S. The van der Waals surface area contributed by atoms with Crippen LogP contribution in [-0.4, -0.2) is 17.3 Å². The van der Waals surface area contributed by atoms with E-state index in [0.29, 0.717) is 0 Å². The first kappa shape index (κ1) is 19.3. The zero-order valence-corrected chi connectivity index (χ0v) is 17.4. The summed E-state index contributed by atoms with van der Waals surface area (Å²) in [5, 5.41) is 1.25. The standard InChI is InChI=1S/C15H16N2S.C9H10N2/c16-13-6-7-15-14(10-13)17(8-9-18-15)11-12-4-2-1-3-5-12;1-6-5-11-9-4-7(10)2-3-8(6)9/h1-7,10H,8-9,11,16H2;2-5,11H,10H2,1H3. The number of hydrogen-bond donors (Lipinski definition) is 3. The van der Waals surface area contributed by atoms with Crippen molar-refractivity contribution in [3.8, 4) is 0 Å². The number of aromatic nitrogens is 1. The van der Waals surface area contributed by atoms with E-state index >= 15 is 0 Å². The van der Waals surface area contributed by atoms with E-state index in [1.807, 2.05) is 42.2 Å². The number of benzene rings is 3. The van der Waals surface area contributed by atoms with E-state index in [1.54, 1.807) is 0 Å². The van der Waals surface area contributed by atoms with Crippen LogP contribution >= 0.6 is 11.8 Å². The van der Waals surface area contributed by atoms with Gasteiger partial charge in [0.15, 0.2) is 0 Å². The van der Waals surface area contributed by atoms with E-state index in [1.165, 1.54) is 27.1 Å². The van der Waals surface area contributed by atoms with E-state index in [0.717, 1.165) is 35.7 Å². The van der Waals surface area contributed by atoms with Crippen molar-refractivity contribution in [3.05, 3.63) is 84.1 Å². The Morgan fingerprint density at radius 1 is 0.966 bits per heavy atom. The van der Waals surface area contributed by atoms with Crippen molar-refractivity contribution in [1.82, 2.24) is 4.98 Å². The minimum Gasteiger partial charge on any atom is -0.399 e. The zero-order valence-electron chi connectivity index (χ0n) is 16.6. The maximum Gasteiger partial charge on any atom is 0.0528 e. The third-order valence-electron chi connectivity index (χ3n) is 5.07. The van der Waals surface area contributed by atoms with Crippen LogP contribution in [0.4, 0.5) is 17.1 Å². The maximum absolute atomic E-state index is 5.90. The lowest BCUT2D eigenvalue weighted by Crippen LogP contribution is -2.28. The van der Waals surface area contributed by atoms with Crippen LogP contribution in [0.5, 0.6) is 0 Å². The Morgan fingerprint density at radius 2 is 1.72 bits per heavy atom. The second-order valence-electron chi connectivity index (χ2n) is 7.26. The smallest absolute Gasteiger partial charge is 0.0528 e. The highest BCUT2D eigenvalue weighted by Crippen LogP contribution is 2.36. The van der Waals surface area contributed by atoms with Crippen LogP contribution in [0.15, 0.2) is 77.8 Å². The van der Waals surface area contributed by atoms with Crippen molar-refractivity contribution >= 4 is 39.7 Å². The second-order valence-corrected chi connectivity index (χ2v) is 8.40. The molecule has 0 unspecified atom stereocenters. The topological polar surface area (TPSA) is 71.1 Å². The van der Waals surface area contributed by atoms with Gasteiger partial charge in [-0.25, -0.2) is 0 Å². The number of anilines is 3. The largest absolute Gasteiger partial charge is 0.399 e. The number of aromatic amines is 1. The van der Waals surface area contributed by atoms with Crippen molar-refractivity contribution in [3.63, 3.8) is 0 Å². The fraction of sp³-hybridized carbons (Fsp3) is 0.167. The number of nitrogen functional groups attached to an aromatic ring is 2.